The average Bonchev–Trinajstić information content (AvgIpc) is 3.00. The molecule has 6 heteroatoms. The summed E-state index contributed by atoms with van der Waals surface area (Å²) in [5.74, 6) is 0.795. The summed E-state index contributed by atoms with van der Waals surface area (Å²) in [5, 5.41) is 0. The molecule has 1 spiro atoms. The average molecular weight is 339 g/mol. The summed E-state index contributed by atoms with van der Waals surface area (Å²) in [6.45, 7) is 6.39. The first-order chi connectivity index (χ1) is 12.1. The van der Waals surface area contributed by atoms with Crippen molar-refractivity contribution in [1.82, 2.24) is 19.9 Å². The first-order valence-corrected chi connectivity index (χ1v) is 8.82. The van der Waals surface area contributed by atoms with Crippen molar-refractivity contribution in [3.05, 3.63) is 47.0 Å². The first kappa shape index (κ1) is 16.4. The molecule has 1 atom stereocenters. The quantitative estimate of drug-likeness (QED) is 0.852. The van der Waals surface area contributed by atoms with Gasteiger partial charge in [0.2, 0.25) is 5.95 Å². The Kier molecular flexibility index (Phi) is 4.17. The molecule has 0 saturated carbocycles. The van der Waals surface area contributed by atoms with Gasteiger partial charge in [-0.15, -0.1) is 0 Å². The molecule has 2 aliphatic rings. The Morgan fingerprint density at radius 1 is 1.32 bits per heavy atom. The third kappa shape index (κ3) is 3.00. The summed E-state index contributed by atoms with van der Waals surface area (Å²) in [6.07, 6.45) is 4.85. The van der Waals surface area contributed by atoms with Gasteiger partial charge in [-0.1, -0.05) is 6.07 Å². The maximum absolute atomic E-state index is 5.98. The summed E-state index contributed by atoms with van der Waals surface area (Å²) in [5.41, 5.74) is 4.65. The van der Waals surface area contributed by atoms with Crippen LogP contribution in [-0.2, 0) is 23.3 Å². The molecule has 1 fully saturated rings. The second kappa shape index (κ2) is 6.35. The van der Waals surface area contributed by atoms with Gasteiger partial charge in [-0.25, -0.2) is 9.97 Å². The van der Waals surface area contributed by atoms with Gasteiger partial charge in [-0.3, -0.25) is 9.88 Å². The van der Waals surface area contributed by atoms with E-state index in [1.165, 1.54) is 16.8 Å². The highest BCUT2D eigenvalue weighted by atomic mass is 16.5. The third-order valence-electron chi connectivity index (χ3n) is 5.29. The van der Waals surface area contributed by atoms with Crippen LogP contribution >= 0.6 is 0 Å². The lowest BCUT2D eigenvalue weighted by Gasteiger charge is -2.35. The molecule has 132 valence electrons. The zero-order valence-electron chi connectivity index (χ0n) is 15.2. The zero-order valence-corrected chi connectivity index (χ0v) is 15.2. The van der Waals surface area contributed by atoms with Crippen LogP contribution in [0.2, 0.25) is 0 Å². The van der Waals surface area contributed by atoms with Crippen molar-refractivity contribution in [3.8, 4) is 0 Å². The van der Waals surface area contributed by atoms with Crippen molar-refractivity contribution in [2.24, 2.45) is 0 Å². The second-order valence-electron chi connectivity index (χ2n) is 7.43. The number of anilines is 1. The molecular weight excluding hydrogens is 314 g/mol. The molecule has 2 aromatic heterocycles. The second-order valence-corrected chi connectivity index (χ2v) is 7.43. The van der Waals surface area contributed by atoms with E-state index < -0.39 is 0 Å². The van der Waals surface area contributed by atoms with E-state index in [1.807, 2.05) is 37.5 Å². The number of hydrogen-bond acceptors (Lipinski definition) is 6. The molecule has 0 aliphatic carbocycles. The highest BCUT2D eigenvalue weighted by molar-refractivity contribution is 5.41. The van der Waals surface area contributed by atoms with E-state index in [0.29, 0.717) is 6.61 Å². The maximum atomic E-state index is 5.98. The molecule has 1 unspecified atom stereocenters. The van der Waals surface area contributed by atoms with Crippen LogP contribution in [0.25, 0.3) is 0 Å². The van der Waals surface area contributed by atoms with Crippen LogP contribution in [0.3, 0.4) is 0 Å². The summed E-state index contributed by atoms with van der Waals surface area (Å²) in [6, 6.07) is 4.14. The van der Waals surface area contributed by atoms with E-state index >= 15 is 0 Å². The highest BCUT2D eigenvalue weighted by Crippen LogP contribution is 2.40. The Bertz CT molecular complexity index is 764. The van der Waals surface area contributed by atoms with E-state index in [1.54, 1.807) is 0 Å². The largest absolute Gasteiger partial charge is 0.376 e. The molecule has 6 nitrogen and oxygen atoms in total. The van der Waals surface area contributed by atoms with E-state index in [4.69, 9.17) is 9.72 Å². The Morgan fingerprint density at radius 2 is 2.20 bits per heavy atom. The summed E-state index contributed by atoms with van der Waals surface area (Å²) in [7, 11) is 3.99. The van der Waals surface area contributed by atoms with E-state index in [-0.39, 0.29) is 5.41 Å². The monoisotopic (exact) mass is 339 g/mol. The molecule has 0 bridgehead atoms. The number of nitrogens with zero attached hydrogens (tertiary/aromatic N) is 5. The number of rotatable bonds is 3. The predicted molar refractivity (Wildman–Crippen MR) is 96.6 cm³/mol. The lowest BCUT2D eigenvalue weighted by atomic mass is 9.80. The number of pyridine rings is 1. The SMILES string of the molecule is Cc1nc(N(C)C)nc2c1COCC21CCN(Cc2cccnc2)C1. The highest BCUT2D eigenvalue weighted by Gasteiger charge is 2.45. The van der Waals surface area contributed by atoms with Gasteiger partial charge in [0.1, 0.15) is 0 Å². The number of aryl methyl sites for hydroxylation is 1. The van der Waals surface area contributed by atoms with Crippen LogP contribution in [0, 0.1) is 6.92 Å². The lowest BCUT2D eigenvalue weighted by Crippen LogP contribution is -2.41. The Morgan fingerprint density at radius 3 is 2.96 bits per heavy atom. The van der Waals surface area contributed by atoms with Crippen LogP contribution in [0.15, 0.2) is 24.5 Å². The first-order valence-electron chi connectivity index (χ1n) is 8.82. The summed E-state index contributed by atoms with van der Waals surface area (Å²) < 4.78 is 5.98. The van der Waals surface area contributed by atoms with E-state index in [0.717, 1.165) is 44.3 Å². The van der Waals surface area contributed by atoms with Crippen LogP contribution in [-0.4, -0.2) is 53.6 Å². The Labute approximate surface area is 148 Å². The Balaban J connectivity index is 1.64. The molecule has 25 heavy (non-hydrogen) atoms. The van der Waals surface area contributed by atoms with Gasteiger partial charge < -0.3 is 9.64 Å². The van der Waals surface area contributed by atoms with E-state index in [2.05, 4.69) is 27.9 Å². The maximum Gasteiger partial charge on any atom is 0.225 e. The van der Waals surface area contributed by atoms with E-state index in [9.17, 15) is 0 Å². The smallest absolute Gasteiger partial charge is 0.225 e. The molecule has 2 aromatic rings. The van der Waals surface area contributed by atoms with Gasteiger partial charge in [0.05, 0.1) is 24.3 Å². The molecular formula is C19H25N5O. The third-order valence-corrected chi connectivity index (χ3v) is 5.29. The number of ether oxygens (including phenoxy) is 1. The summed E-state index contributed by atoms with van der Waals surface area (Å²) in [4.78, 5) is 18.3. The standard InChI is InChI=1S/C19H25N5O/c1-14-16-11-25-13-19(17(16)22-18(21-14)23(2)3)6-8-24(12-19)10-15-5-4-7-20-9-15/h4-5,7,9H,6,8,10-13H2,1-3H3. The van der Waals surface area contributed by atoms with Crippen molar-refractivity contribution in [2.45, 2.75) is 31.9 Å². The van der Waals surface area contributed by atoms with Crippen molar-refractivity contribution < 1.29 is 4.74 Å². The molecule has 0 aromatic carbocycles. The van der Waals surface area contributed by atoms with Gasteiger partial charge >= 0.3 is 0 Å². The molecule has 0 N–H and O–H groups in total. The van der Waals surface area contributed by atoms with Crippen molar-refractivity contribution in [3.63, 3.8) is 0 Å². The Hall–Kier alpha value is -2.05. The van der Waals surface area contributed by atoms with Gasteiger partial charge in [-0.2, -0.15) is 0 Å². The normalized spacial score (nSPS) is 23.0. The minimum Gasteiger partial charge on any atom is -0.376 e. The minimum absolute atomic E-state index is 0.0196. The fourth-order valence-electron chi connectivity index (χ4n) is 3.96. The fourth-order valence-corrected chi connectivity index (χ4v) is 3.96. The minimum atomic E-state index is -0.0196. The molecule has 2 aliphatic heterocycles. The number of likely N-dealkylation sites (tertiary alicyclic amines) is 1. The lowest BCUT2D eigenvalue weighted by molar-refractivity contribution is 0.0498. The molecule has 4 heterocycles. The van der Waals surface area contributed by atoms with Crippen molar-refractivity contribution >= 4 is 5.95 Å². The van der Waals surface area contributed by atoms with Crippen LogP contribution < -0.4 is 4.90 Å². The fraction of sp³-hybridized carbons (Fsp3) is 0.526. The molecule has 1 saturated heterocycles. The zero-order chi connectivity index (χ0) is 17.4. The molecule has 0 amide bonds. The topological polar surface area (TPSA) is 54.4 Å². The van der Waals surface area contributed by atoms with Crippen LogP contribution in [0.1, 0.15) is 28.9 Å². The van der Waals surface area contributed by atoms with Crippen LogP contribution in [0.4, 0.5) is 5.95 Å². The number of fused-ring (bicyclic) bond motifs is 2. The van der Waals surface area contributed by atoms with Gasteiger partial charge in [-0.05, 0) is 31.5 Å². The predicted octanol–water partition coefficient (Wildman–Crippen LogP) is 1.92. The summed E-state index contributed by atoms with van der Waals surface area (Å²) >= 11 is 0. The molecule has 0 radical (unpaired) electrons. The van der Waals surface area contributed by atoms with Gasteiger partial charge in [0.25, 0.3) is 0 Å². The van der Waals surface area contributed by atoms with Gasteiger partial charge in [0, 0.05) is 50.8 Å². The van der Waals surface area contributed by atoms with Crippen molar-refractivity contribution in [1.29, 1.82) is 0 Å². The number of hydrogen-bond donors (Lipinski definition) is 0. The molecule has 4 rings (SSSR count). The van der Waals surface area contributed by atoms with Gasteiger partial charge in [0.15, 0.2) is 0 Å². The number of aromatic nitrogens is 3. The van der Waals surface area contributed by atoms with Crippen molar-refractivity contribution in [2.75, 3.05) is 38.7 Å². The van der Waals surface area contributed by atoms with Crippen LogP contribution in [0.5, 0.6) is 0 Å².